The highest BCUT2D eigenvalue weighted by Crippen LogP contribution is 2.24. The van der Waals surface area contributed by atoms with Gasteiger partial charge < -0.3 is 10.4 Å². The molecule has 1 amide bonds. The molecule has 2 rings (SSSR count). The molecule has 0 saturated carbocycles. The third-order valence-corrected chi connectivity index (χ3v) is 3.05. The zero-order chi connectivity index (χ0) is 14.0. The molecule has 19 heavy (non-hydrogen) atoms. The molecule has 1 aromatic carbocycles. The van der Waals surface area contributed by atoms with Gasteiger partial charge >= 0.3 is 0 Å². The van der Waals surface area contributed by atoms with Gasteiger partial charge in [-0.1, -0.05) is 17.7 Å². The van der Waals surface area contributed by atoms with Crippen LogP contribution in [0.2, 0.25) is 5.02 Å². The first kappa shape index (κ1) is 13.6. The standard InChI is InChI=1S/C13H14ClN3O2/c1-8(18)9-3-4-12(10(14)7-9)17-6-5-11(16-17)13(19)15-2/h3-8,18H,1-2H3,(H,15,19)/t8-/m1/s1. The third kappa shape index (κ3) is 2.77. The number of halogens is 1. The van der Waals surface area contributed by atoms with Crippen LogP contribution in [0, 0.1) is 0 Å². The summed E-state index contributed by atoms with van der Waals surface area (Å²) in [6.45, 7) is 1.67. The average Bonchev–Trinajstić information content (AvgIpc) is 2.87. The van der Waals surface area contributed by atoms with Gasteiger partial charge in [-0.3, -0.25) is 4.79 Å². The van der Waals surface area contributed by atoms with Gasteiger partial charge in [0.05, 0.1) is 16.8 Å². The number of benzene rings is 1. The van der Waals surface area contributed by atoms with Crippen molar-refractivity contribution in [3.05, 3.63) is 46.7 Å². The second kappa shape index (κ2) is 5.42. The second-order valence-corrected chi connectivity index (χ2v) is 4.52. The predicted molar refractivity (Wildman–Crippen MR) is 72.6 cm³/mol. The van der Waals surface area contributed by atoms with Crippen molar-refractivity contribution in [1.29, 1.82) is 0 Å². The van der Waals surface area contributed by atoms with Crippen molar-refractivity contribution in [3.8, 4) is 5.69 Å². The highest BCUT2D eigenvalue weighted by Gasteiger charge is 2.11. The number of amides is 1. The van der Waals surface area contributed by atoms with E-state index in [0.29, 0.717) is 16.4 Å². The minimum Gasteiger partial charge on any atom is -0.389 e. The molecule has 5 nitrogen and oxygen atoms in total. The van der Waals surface area contributed by atoms with E-state index in [1.807, 2.05) is 0 Å². The van der Waals surface area contributed by atoms with Gasteiger partial charge in [0.2, 0.25) is 0 Å². The molecule has 1 aromatic heterocycles. The largest absolute Gasteiger partial charge is 0.389 e. The summed E-state index contributed by atoms with van der Waals surface area (Å²) in [5, 5.41) is 16.6. The molecule has 0 aliphatic carbocycles. The van der Waals surface area contributed by atoms with Crippen LogP contribution in [0.4, 0.5) is 0 Å². The normalized spacial score (nSPS) is 12.2. The van der Waals surface area contributed by atoms with Crippen LogP contribution in [-0.4, -0.2) is 27.8 Å². The second-order valence-electron chi connectivity index (χ2n) is 4.11. The quantitative estimate of drug-likeness (QED) is 0.902. The lowest BCUT2D eigenvalue weighted by Gasteiger charge is -2.09. The molecule has 0 radical (unpaired) electrons. The average molecular weight is 280 g/mol. The lowest BCUT2D eigenvalue weighted by Crippen LogP contribution is -2.18. The van der Waals surface area contributed by atoms with Gasteiger partial charge in [0.1, 0.15) is 0 Å². The minimum atomic E-state index is -0.578. The Hall–Kier alpha value is -1.85. The summed E-state index contributed by atoms with van der Waals surface area (Å²) in [7, 11) is 1.55. The number of carbonyl (C=O) groups is 1. The predicted octanol–water partition coefficient (Wildman–Crippen LogP) is 1.94. The fourth-order valence-corrected chi connectivity index (χ4v) is 1.95. The highest BCUT2D eigenvalue weighted by molar-refractivity contribution is 6.32. The number of aliphatic hydroxyl groups is 1. The molecule has 0 fully saturated rings. The van der Waals surface area contributed by atoms with Gasteiger partial charge in [-0.05, 0) is 30.7 Å². The Labute approximate surface area is 115 Å². The number of rotatable bonds is 3. The van der Waals surface area contributed by atoms with Crippen molar-refractivity contribution in [2.24, 2.45) is 0 Å². The number of carbonyl (C=O) groups excluding carboxylic acids is 1. The van der Waals surface area contributed by atoms with Crippen molar-refractivity contribution >= 4 is 17.5 Å². The minimum absolute atomic E-state index is 0.254. The molecule has 0 spiro atoms. The first-order valence-electron chi connectivity index (χ1n) is 5.78. The lowest BCUT2D eigenvalue weighted by molar-refractivity contribution is 0.0957. The summed E-state index contributed by atoms with van der Waals surface area (Å²) in [5.74, 6) is -0.254. The van der Waals surface area contributed by atoms with E-state index >= 15 is 0 Å². The van der Waals surface area contributed by atoms with Crippen LogP contribution >= 0.6 is 11.6 Å². The van der Waals surface area contributed by atoms with E-state index < -0.39 is 6.10 Å². The topological polar surface area (TPSA) is 67.2 Å². The smallest absolute Gasteiger partial charge is 0.271 e. The van der Waals surface area contributed by atoms with Crippen LogP contribution < -0.4 is 5.32 Å². The van der Waals surface area contributed by atoms with Crippen LogP contribution in [0.1, 0.15) is 29.1 Å². The van der Waals surface area contributed by atoms with Gasteiger partial charge in [0, 0.05) is 13.2 Å². The van der Waals surface area contributed by atoms with Gasteiger partial charge in [-0.2, -0.15) is 5.10 Å². The van der Waals surface area contributed by atoms with Crippen LogP contribution in [0.25, 0.3) is 5.69 Å². The maximum absolute atomic E-state index is 11.4. The highest BCUT2D eigenvalue weighted by atomic mass is 35.5. The Bertz CT molecular complexity index is 608. The molecule has 6 heteroatoms. The van der Waals surface area contributed by atoms with Crippen molar-refractivity contribution in [1.82, 2.24) is 15.1 Å². The monoisotopic (exact) mass is 279 g/mol. The number of hydrogen-bond acceptors (Lipinski definition) is 3. The van der Waals surface area contributed by atoms with Crippen LogP contribution in [-0.2, 0) is 0 Å². The van der Waals surface area contributed by atoms with Gasteiger partial charge in [-0.15, -0.1) is 0 Å². The summed E-state index contributed by atoms with van der Waals surface area (Å²) < 4.78 is 1.53. The zero-order valence-corrected chi connectivity index (χ0v) is 11.3. The van der Waals surface area contributed by atoms with Crippen LogP contribution in [0.3, 0.4) is 0 Å². The lowest BCUT2D eigenvalue weighted by atomic mass is 10.1. The van der Waals surface area contributed by atoms with E-state index in [9.17, 15) is 9.90 Å². The summed E-state index contributed by atoms with van der Waals surface area (Å²) in [6, 6.07) is 6.82. The Kier molecular flexibility index (Phi) is 3.87. The number of aliphatic hydroxyl groups excluding tert-OH is 1. The summed E-state index contributed by atoms with van der Waals surface area (Å²) in [5.41, 5.74) is 1.70. The fraction of sp³-hybridized carbons (Fsp3) is 0.231. The summed E-state index contributed by atoms with van der Waals surface area (Å²) in [4.78, 5) is 11.4. The van der Waals surface area contributed by atoms with Gasteiger partial charge in [0.25, 0.3) is 5.91 Å². The van der Waals surface area contributed by atoms with Crippen LogP contribution in [0.5, 0.6) is 0 Å². The molecular formula is C13H14ClN3O2. The molecule has 1 heterocycles. The maximum atomic E-state index is 11.4. The summed E-state index contributed by atoms with van der Waals surface area (Å²) in [6.07, 6.45) is 1.08. The van der Waals surface area contributed by atoms with Crippen molar-refractivity contribution in [2.75, 3.05) is 7.05 Å². The number of hydrogen-bond donors (Lipinski definition) is 2. The van der Waals surface area contributed by atoms with Crippen molar-refractivity contribution in [2.45, 2.75) is 13.0 Å². The van der Waals surface area contributed by atoms with E-state index in [4.69, 9.17) is 11.6 Å². The van der Waals surface area contributed by atoms with E-state index in [2.05, 4.69) is 10.4 Å². The molecule has 2 N–H and O–H groups in total. The van der Waals surface area contributed by atoms with Crippen molar-refractivity contribution in [3.63, 3.8) is 0 Å². The molecule has 100 valence electrons. The SMILES string of the molecule is CNC(=O)c1ccn(-c2ccc([C@@H](C)O)cc2Cl)n1. The molecule has 0 unspecified atom stereocenters. The Morgan fingerprint density at radius 1 is 1.47 bits per heavy atom. The van der Waals surface area contributed by atoms with Gasteiger partial charge in [-0.25, -0.2) is 4.68 Å². The molecule has 2 aromatic rings. The van der Waals surface area contributed by atoms with E-state index in [0.717, 1.165) is 5.56 Å². The Morgan fingerprint density at radius 2 is 2.21 bits per heavy atom. The number of nitrogens with zero attached hydrogens (tertiary/aromatic N) is 2. The van der Waals surface area contributed by atoms with E-state index in [1.54, 1.807) is 44.4 Å². The molecule has 0 aliphatic rings. The summed E-state index contributed by atoms with van der Waals surface area (Å²) >= 11 is 6.16. The fourth-order valence-electron chi connectivity index (χ4n) is 1.68. The molecule has 0 aliphatic heterocycles. The van der Waals surface area contributed by atoms with Crippen LogP contribution in [0.15, 0.2) is 30.5 Å². The Balaban J connectivity index is 2.37. The van der Waals surface area contributed by atoms with E-state index in [1.165, 1.54) is 4.68 Å². The first-order valence-corrected chi connectivity index (χ1v) is 6.16. The third-order valence-electron chi connectivity index (χ3n) is 2.75. The zero-order valence-electron chi connectivity index (χ0n) is 10.6. The molecule has 0 bridgehead atoms. The van der Waals surface area contributed by atoms with E-state index in [-0.39, 0.29) is 5.91 Å². The maximum Gasteiger partial charge on any atom is 0.271 e. The van der Waals surface area contributed by atoms with Gasteiger partial charge in [0.15, 0.2) is 5.69 Å². The molecule has 1 atom stereocenters. The van der Waals surface area contributed by atoms with Crippen molar-refractivity contribution < 1.29 is 9.90 Å². The number of nitrogens with one attached hydrogen (secondary N) is 1. The molecular weight excluding hydrogens is 266 g/mol. The number of aromatic nitrogens is 2. The Morgan fingerprint density at radius 3 is 2.79 bits per heavy atom. The first-order chi connectivity index (χ1) is 9.02. The molecule has 0 saturated heterocycles.